The molecule has 24 heavy (non-hydrogen) atoms. The molecule has 2 aromatic rings. The SMILES string of the molecule is CCN(CC(=O)O)C(=O)c1sccc1S(=O)(=O)NCc1cccs1. The lowest BCUT2D eigenvalue weighted by Gasteiger charge is -2.18. The number of hydrogen-bond donors (Lipinski definition) is 2. The minimum absolute atomic E-state index is 0.0109. The number of carbonyl (C=O) groups excluding carboxylic acids is 1. The Morgan fingerprint density at radius 2 is 2.00 bits per heavy atom. The molecule has 0 saturated heterocycles. The fourth-order valence-electron chi connectivity index (χ4n) is 1.96. The number of nitrogens with one attached hydrogen (secondary N) is 1. The second-order valence-electron chi connectivity index (χ2n) is 4.73. The molecule has 130 valence electrons. The van der Waals surface area contributed by atoms with Crippen LogP contribution in [-0.4, -0.2) is 43.4 Å². The molecule has 0 aromatic carbocycles. The van der Waals surface area contributed by atoms with Crippen molar-refractivity contribution in [3.63, 3.8) is 0 Å². The van der Waals surface area contributed by atoms with Gasteiger partial charge in [0.1, 0.15) is 16.3 Å². The second-order valence-corrected chi connectivity index (χ2v) is 8.41. The van der Waals surface area contributed by atoms with Gasteiger partial charge in [-0.1, -0.05) is 6.07 Å². The van der Waals surface area contributed by atoms with Crippen molar-refractivity contribution in [2.75, 3.05) is 13.1 Å². The number of aliphatic carboxylic acids is 1. The van der Waals surface area contributed by atoms with Gasteiger partial charge in [0.05, 0.1) is 0 Å². The van der Waals surface area contributed by atoms with Crippen molar-refractivity contribution in [1.29, 1.82) is 0 Å². The number of carbonyl (C=O) groups is 2. The molecule has 0 bridgehead atoms. The summed E-state index contributed by atoms with van der Waals surface area (Å²) in [5, 5.41) is 12.2. The van der Waals surface area contributed by atoms with Gasteiger partial charge in [-0.2, -0.15) is 0 Å². The maximum absolute atomic E-state index is 12.5. The Bertz CT molecular complexity index is 811. The molecule has 2 heterocycles. The van der Waals surface area contributed by atoms with E-state index in [0.29, 0.717) is 0 Å². The molecule has 2 N–H and O–H groups in total. The smallest absolute Gasteiger partial charge is 0.323 e. The molecule has 7 nitrogen and oxygen atoms in total. The molecule has 0 spiro atoms. The van der Waals surface area contributed by atoms with Crippen molar-refractivity contribution >= 4 is 44.6 Å². The Kier molecular flexibility index (Phi) is 6.10. The van der Waals surface area contributed by atoms with Crippen molar-refractivity contribution in [3.8, 4) is 0 Å². The van der Waals surface area contributed by atoms with E-state index in [1.54, 1.807) is 13.0 Å². The van der Waals surface area contributed by atoms with Crippen LogP contribution in [0.1, 0.15) is 21.5 Å². The maximum Gasteiger partial charge on any atom is 0.323 e. The maximum atomic E-state index is 12.5. The van der Waals surface area contributed by atoms with E-state index in [1.165, 1.54) is 22.8 Å². The topological polar surface area (TPSA) is 104 Å². The number of sulfonamides is 1. The minimum atomic E-state index is -3.87. The third-order valence-electron chi connectivity index (χ3n) is 3.12. The standard InChI is InChI=1S/C14H16N2O5S3/c1-2-16(9-12(17)18)14(19)13-11(5-7-23-13)24(20,21)15-8-10-4-3-6-22-10/h3-7,15H,2,8-9H2,1H3,(H,17,18). The fraction of sp³-hybridized carbons (Fsp3) is 0.286. The zero-order valence-corrected chi connectivity index (χ0v) is 15.2. The number of nitrogens with zero attached hydrogens (tertiary/aromatic N) is 1. The van der Waals surface area contributed by atoms with E-state index in [-0.39, 0.29) is 22.9 Å². The summed E-state index contributed by atoms with van der Waals surface area (Å²) in [6.45, 7) is 1.47. The van der Waals surface area contributed by atoms with Crippen LogP contribution in [0.4, 0.5) is 0 Å². The lowest BCUT2D eigenvalue weighted by atomic mass is 10.3. The van der Waals surface area contributed by atoms with Crippen molar-refractivity contribution < 1.29 is 23.1 Å². The van der Waals surface area contributed by atoms with Crippen LogP contribution in [-0.2, 0) is 21.4 Å². The number of likely N-dealkylation sites (N-methyl/N-ethyl adjacent to an activating group) is 1. The van der Waals surface area contributed by atoms with E-state index in [0.717, 1.165) is 21.1 Å². The monoisotopic (exact) mass is 388 g/mol. The van der Waals surface area contributed by atoms with Gasteiger partial charge in [-0.15, -0.1) is 22.7 Å². The van der Waals surface area contributed by atoms with E-state index in [1.807, 2.05) is 11.4 Å². The highest BCUT2D eigenvalue weighted by atomic mass is 32.2. The first-order valence-corrected chi connectivity index (χ1v) is 10.2. The molecule has 0 aliphatic carbocycles. The van der Waals surface area contributed by atoms with Gasteiger partial charge >= 0.3 is 5.97 Å². The number of hydrogen-bond acceptors (Lipinski definition) is 6. The Balaban J connectivity index is 2.21. The first-order chi connectivity index (χ1) is 11.3. The van der Waals surface area contributed by atoms with Gasteiger partial charge in [0.15, 0.2) is 0 Å². The first kappa shape index (κ1) is 18.6. The lowest BCUT2D eigenvalue weighted by Crippen LogP contribution is -2.36. The van der Waals surface area contributed by atoms with Gasteiger partial charge in [-0.25, -0.2) is 13.1 Å². The van der Waals surface area contributed by atoms with E-state index >= 15 is 0 Å². The van der Waals surface area contributed by atoms with Crippen molar-refractivity contribution in [3.05, 3.63) is 38.7 Å². The van der Waals surface area contributed by atoms with E-state index in [2.05, 4.69) is 4.72 Å². The van der Waals surface area contributed by atoms with Crippen LogP contribution in [0.2, 0.25) is 0 Å². The van der Waals surface area contributed by atoms with Crippen LogP contribution in [0.3, 0.4) is 0 Å². The molecule has 0 unspecified atom stereocenters. The van der Waals surface area contributed by atoms with Gasteiger partial charge in [0.2, 0.25) is 10.0 Å². The van der Waals surface area contributed by atoms with Gasteiger partial charge in [-0.05, 0) is 29.8 Å². The summed E-state index contributed by atoms with van der Waals surface area (Å²) in [5.74, 6) is -1.76. The number of rotatable bonds is 8. The number of carboxylic acids is 1. The summed E-state index contributed by atoms with van der Waals surface area (Å²) in [7, 11) is -3.87. The molecule has 2 rings (SSSR count). The summed E-state index contributed by atoms with van der Waals surface area (Å²) < 4.78 is 27.4. The summed E-state index contributed by atoms with van der Waals surface area (Å²) in [4.78, 5) is 25.1. The molecule has 1 amide bonds. The molecule has 0 atom stereocenters. The zero-order chi connectivity index (χ0) is 17.7. The van der Waals surface area contributed by atoms with Crippen molar-refractivity contribution in [2.45, 2.75) is 18.4 Å². The van der Waals surface area contributed by atoms with Crippen LogP contribution in [0, 0.1) is 0 Å². The van der Waals surface area contributed by atoms with E-state index < -0.39 is 28.4 Å². The largest absolute Gasteiger partial charge is 0.480 e. The molecule has 0 saturated carbocycles. The first-order valence-electron chi connectivity index (χ1n) is 6.95. The summed E-state index contributed by atoms with van der Waals surface area (Å²) in [6.07, 6.45) is 0. The van der Waals surface area contributed by atoms with Crippen LogP contribution in [0.5, 0.6) is 0 Å². The van der Waals surface area contributed by atoms with Crippen LogP contribution >= 0.6 is 22.7 Å². The molecular weight excluding hydrogens is 372 g/mol. The van der Waals surface area contributed by atoms with Gasteiger partial charge in [0.25, 0.3) is 5.91 Å². The van der Waals surface area contributed by atoms with Gasteiger partial charge in [-0.3, -0.25) is 9.59 Å². The number of carboxylic acid groups (broad SMARTS) is 1. The van der Waals surface area contributed by atoms with Crippen LogP contribution in [0.15, 0.2) is 33.9 Å². The Labute approximate surface area is 147 Å². The third kappa shape index (κ3) is 4.41. The number of amides is 1. The highest BCUT2D eigenvalue weighted by molar-refractivity contribution is 7.89. The molecule has 0 fully saturated rings. The Hall–Kier alpha value is -1.75. The van der Waals surface area contributed by atoms with Gasteiger partial charge < -0.3 is 10.0 Å². The molecule has 2 aromatic heterocycles. The summed E-state index contributed by atoms with van der Waals surface area (Å²) in [5.41, 5.74) is 0. The third-order valence-corrected chi connectivity index (χ3v) is 6.48. The molecule has 0 radical (unpaired) electrons. The summed E-state index contributed by atoms with van der Waals surface area (Å²) >= 11 is 2.40. The lowest BCUT2D eigenvalue weighted by molar-refractivity contribution is -0.137. The number of thiophene rings is 2. The second kappa shape index (κ2) is 7.88. The highest BCUT2D eigenvalue weighted by Gasteiger charge is 2.27. The Morgan fingerprint density at radius 3 is 2.58 bits per heavy atom. The average Bonchev–Trinajstić information content (AvgIpc) is 3.20. The van der Waals surface area contributed by atoms with Crippen molar-refractivity contribution in [2.24, 2.45) is 0 Å². The highest BCUT2D eigenvalue weighted by Crippen LogP contribution is 2.24. The molecule has 0 aliphatic rings. The van der Waals surface area contributed by atoms with Crippen molar-refractivity contribution in [1.82, 2.24) is 9.62 Å². The predicted octanol–water partition coefficient (Wildman–Crippen LogP) is 1.83. The fourth-order valence-corrected chi connectivity index (χ4v) is 5.09. The van der Waals surface area contributed by atoms with Gasteiger partial charge in [0, 0.05) is 18.0 Å². The normalized spacial score (nSPS) is 11.4. The summed E-state index contributed by atoms with van der Waals surface area (Å²) in [6, 6.07) is 4.97. The Morgan fingerprint density at radius 1 is 1.25 bits per heavy atom. The average molecular weight is 388 g/mol. The minimum Gasteiger partial charge on any atom is -0.480 e. The van der Waals surface area contributed by atoms with Crippen LogP contribution in [0.25, 0.3) is 0 Å². The zero-order valence-electron chi connectivity index (χ0n) is 12.8. The molecule has 10 heteroatoms. The van der Waals surface area contributed by atoms with Crippen LogP contribution < -0.4 is 4.72 Å². The molecular formula is C14H16N2O5S3. The van der Waals surface area contributed by atoms with E-state index in [4.69, 9.17) is 5.11 Å². The van der Waals surface area contributed by atoms with E-state index in [9.17, 15) is 18.0 Å². The molecule has 0 aliphatic heterocycles. The quantitative estimate of drug-likeness (QED) is 0.718. The predicted molar refractivity (Wildman–Crippen MR) is 91.9 cm³/mol.